The number of aromatic amines is 1. The monoisotopic (exact) mass is 331 g/mol. The molecule has 0 bridgehead atoms. The standard InChI is InChI=1S/C20H17N3O2/c24-16-11-6-10-14-17(16)19(18(22-14)13-7-2-1-3-8-13)23-20(25)15-9-4-5-12-21-15/h1-5,7-9,12,22H,6,10-11H2,(H,23,25). The first kappa shape index (κ1) is 15.3. The molecule has 5 heteroatoms. The second-order valence-corrected chi connectivity index (χ2v) is 6.04. The van der Waals surface area contributed by atoms with Crippen LogP contribution < -0.4 is 5.32 Å². The molecule has 2 N–H and O–H groups in total. The summed E-state index contributed by atoms with van der Waals surface area (Å²) in [4.78, 5) is 32.5. The van der Waals surface area contributed by atoms with E-state index in [1.807, 2.05) is 30.3 Å². The summed E-state index contributed by atoms with van der Waals surface area (Å²) in [5, 5.41) is 2.91. The van der Waals surface area contributed by atoms with Gasteiger partial charge in [0.15, 0.2) is 5.78 Å². The molecule has 0 spiro atoms. The Morgan fingerprint density at radius 1 is 1.04 bits per heavy atom. The van der Waals surface area contributed by atoms with E-state index >= 15 is 0 Å². The van der Waals surface area contributed by atoms with Crippen molar-refractivity contribution in [3.05, 3.63) is 71.7 Å². The number of aromatic nitrogens is 2. The lowest BCUT2D eigenvalue weighted by atomic mass is 9.95. The van der Waals surface area contributed by atoms with Crippen LogP contribution in [0, 0.1) is 0 Å². The van der Waals surface area contributed by atoms with E-state index in [-0.39, 0.29) is 11.7 Å². The highest BCUT2D eigenvalue weighted by Gasteiger charge is 2.28. The molecule has 3 aromatic rings. The van der Waals surface area contributed by atoms with E-state index in [1.54, 1.807) is 24.4 Å². The molecule has 2 aromatic heterocycles. The molecule has 25 heavy (non-hydrogen) atoms. The molecule has 0 aliphatic heterocycles. The van der Waals surface area contributed by atoms with Crippen molar-refractivity contribution in [2.45, 2.75) is 19.3 Å². The lowest BCUT2D eigenvalue weighted by molar-refractivity contribution is 0.0973. The van der Waals surface area contributed by atoms with Crippen LogP contribution in [0.1, 0.15) is 39.4 Å². The number of nitrogens with one attached hydrogen (secondary N) is 2. The zero-order valence-corrected chi connectivity index (χ0v) is 13.6. The fraction of sp³-hybridized carbons (Fsp3) is 0.150. The van der Waals surface area contributed by atoms with Crippen molar-refractivity contribution in [3.8, 4) is 11.3 Å². The molecule has 1 aromatic carbocycles. The minimum absolute atomic E-state index is 0.0657. The maximum Gasteiger partial charge on any atom is 0.274 e. The molecule has 0 saturated carbocycles. The fourth-order valence-corrected chi connectivity index (χ4v) is 3.22. The SMILES string of the molecule is O=C(Nc1c(-c2ccccc2)[nH]c2c1C(=O)CCC2)c1ccccn1. The first-order chi connectivity index (χ1) is 12.2. The Morgan fingerprint density at radius 3 is 2.60 bits per heavy atom. The van der Waals surface area contributed by atoms with Gasteiger partial charge in [0, 0.05) is 23.9 Å². The van der Waals surface area contributed by atoms with Crippen LogP contribution in [0.3, 0.4) is 0 Å². The molecule has 0 radical (unpaired) electrons. The van der Waals surface area contributed by atoms with Crippen LogP contribution in [0.15, 0.2) is 54.7 Å². The smallest absolute Gasteiger partial charge is 0.274 e. The minimum Gasteiger partial charge on any atom is -0.356 e. The van der Waals surface area contributed by atoms with Crippen LogP contribution in [-0.4, -0.2) is 21.7 Å². The number of anilines is 1. The lowest BCUT2D eigenvalue weighted by Crippen LogP contribution is -2.17. The first-order valence-electron chi connectivity index (χ1n) is 8.30. The number of amides is 1. The third-order valence-electron chi connectivity index (χ3n) is 4.39. The van der Waals surface area contributed by atoms with Gasteiger partial charge in [0.05, 0.1) is 16.9 Å². The number of aryl methyl sites for hydroxylation is 1. The number of H-pyrrole nitrogens is 1. The van der Waals surface area contributed by atoms with E-state index in [2.05, 4.69) is 15.3 Å². The Morgan fingerprint density at radius 2 is 1.84 bits per heavy atom. The van der Waals surface area contributed by atoms with Crippen LogP contribution in [-0.2, 0) is 6.42 Å². The van der Waals surface area contributed by atoms with Crippen molar-refractivity contribution in [2.24, 2.45) is 0 Å². The highest BCUT2D eigenvalue weighted by atomic mass is 16.2. The maximum atomic E-state index is 12.6. The second kappa shape index (κ2) is 6.36. The molecule has 0 atom stereocenters. The van der Waals surface area contributed by atoms with Gasteiger partial charge in [-0.3, -0.25) is 14.6 Å². The highest BCUT2D eigenvalue weighted by molar-refractivity contribution is 6.13. The number of hydrogen-bond acceptors (Lipinski definition) is 3. The van der Waals surface area contributed by atoms with Gasteiger partial charge in [0.1, 0.15) is 5.69 Å². The summed E-state index contributed by atoms with van der Waals surface area (Å²) in [6.45, 7) is 0. The molecule has 1 amide bonds. The van der Waals surface area contributed by atoms with Crippen molar-refractivity contribution < 1.29 is 9.59 Å². The summed E-state index contributed by atoms with van der Waals surface area (Å²) in [5.41, 5.74) is 4.08. The van der Waals surface area contributed by atoms with E-state index in [1.165, 1.54) is 0 Å². The topological polar surface area (TPSA) is 74.8 Å². The molecule has 0 unspecified atom stereocenters. The summed E-state index contributed by atoms with van der Waals surface area (Å²) in [6.07, 6.45) is 3.71. The molecule has 2 heterocycles. The number of carbonyl (C=O) groups excluding carboxylic acids is 2. The van der Waals surface area contributed by atoms with Gasteiger partial charge in [0.2, 0.25) is 0 Å². The molecule has 124 valence electrons. The van der Waals surface area contributed by atoms with Gasteiger partial charge in [-0.15, -0.1) is 0 Å². The number of benzene rings is 1. The summed E-state index contributed by atoms with van der Waals surface area (Å²) in [7, 11) is 0. The number of carbonyl (C=O) groups is 2. The lowest BCUT2D eigenvalue weighted by Gasteiger charge is -2.12. The molecule has 1 aliphatic rings. The second-order valence-electron chi connectivity index (χ2n) is 6.04. The Kier molecular flexibility index (Phi) is 3.90. The Labute approximate surface area is 145 Å². The Hall–Kier alpha value is -3.21. The van der Waals surface area contributed by atoms with E-state index in [4.69, 9.17) is 0 Å². The van der Waals surface area contributed by atoms with Gasteiger partial charge >= 0.3 is 0 Å². The number of ketones is 1. The van der Waals surface area contributed by atoms with E-state index < -0.39 is 0 Å². The predicted molar refractivity (Wildman–Crippen MR) is 95.7 cm³/mol. The zero-order chi connectivity index (χ0) is 17.2. The summed E-state index contributed by atoms with van der Waals surface area (Å²) in [6, 6.07) is 14.9. The van der Waals surface area contributed by atoms with Crippen molar-refractivity contribution in [1.29, 1.82) is 0 Å². The van der Waals surface area contributed by atoms with Crippen LogP contribution in [0.2, 0.25) is 0 Å². The van der Waals surface area contributed by atoms with E-state index in [9.17, 15) is 9.59 Å². The average Bonchev–Trinajstić information content (AvgIpc) is 3.03. The number of Topliss-reactive ketones (excluding diaryl/α,β-unsaturated/α-hetero) is 1. The van der Waals surface area contributed by atoms with Crippen LogP contribution in [0.4, 0.5) is 5.69 Å². The van der Waals surface area contributed by atoms with Crippen LogP contribution in [0.5, 0.6) is 0 Å². The minimum atomic E-state index is -0.321. The van der Waals surface area contributed by atoms with Gasteiger partial charge in [-0.25, -0.2) is 0 Å². The fourth-order valence-electron chi connectivity index (χ4n) is 3.22. The van der Waals surface area contributed by atoms with Gasteiger partial charge in [0.25, 0.3) is 5.91 Å². The average molecular weight is 331 g/mol. The number of hydrogen-bond donors (Lipinski definition) is 2. The normalized spacial score (nSPS) is 13.4. The molecule has 1 aliphatic carbocycles. The number of pyridine rings is 1. The largest absolute Gasteiger partial charge is 0.356 e. The van der Waals surface area contributed by atoms with Crippen molar-refractivity contribution >= 4 is 17.4 Å². The Bertz CT molecular complexity index is 930. The molecular weight excluding hydrogens is 314 g/mol. The van der Waals surface area contributed by atoms with Crippen molar-refractivity contribution in [1.82, 2.24) is 9.97 Å². The first-order valence-corrected chi connectivity index (χ1v) is 8.30. The third-order valence-corrected chi connectivity index (χ3v) is 4.39. The molecule has 4 rings (SSSR count). The van der Waals surface area contributed by atoms with Gasteiger partial charge in [-0.1, -0.05) is 36.4 Å². The third kappa shape index (κ3) is 2.85. The molecule has 0 fully saturated rings. The zero-order valence-electron chi connectivity index (χ0n) is 13.6. The summed E-state index contributed by atoms with van der Waals surface area (Å²) < 4.78 is 0. The molecule has 5 nitrogen and oxygen atoms in total. The number of rotatable bonds is 3. The quantitative estimate of drug-likeness (QED) is 0.765. The van der Waals surface area contributed by atoms with E-state index in [0.717, 1.165) is 29.8 Å². The van der Waals surface area contributed by atoms with Crippen molar-refractivity contribution in [3.63, 3.8) is 0 Å². The van der Waals surface area contributed by atoms with Gasteiger partial charge in [-0.2, -0.15) is 0 Å². The number of fused-ring (bicyclic) bond motifs is 1. The van der Waals surface area contributed by atoms with Gasteiger partial charge in [-0.05, 0) is 25.0 Å². The number of nitrogens with zero attached hydrogens (tertiary/aromatic N) is 1. The van der Waals surface area contributed by atoms with Crippen LogP contribution in [0.25, 0.3) is 11.3 Å². The summed E-state index contributed by atoms with van der Waals surface area (Å²) >= 11 is 0. The molecular formula is C20H17N3O2. The van der Waals surface area contributed by atoms with Gasteiger partial charge < -0.3 is 10.3 Å². The molecule has 0 saturated heterocycles. The Balaban J connectivity index is 1.81. The maximum absolute atomic E-state index is 12.6. The predicted octanol–water partition coefficient (Wildman–Crippen LogP) is 3.85. The van der Waals surface area contributed by atoms with E-state index in [0.29, 0.717) is 23.4 Å². The highest BCUT2D eigenvalue weighted by Crippen LogP contribution is 2.37. The summed E-state index contributed by atoms with van der Waals surface area (Å²) in [5.74, 6) is -0.256. The van der Waals surface area contributed by atoms with Crippen LogP contribution >= 0.6 is 0 Å². The van der Waals surface area contributed by atoms with Crippen molar-refractivity contribution in [2.75, 3.05) is 5.32 Å².